The Kier molecular flexibility index (Phi) is 16.1. The van der Waals surface area contributed by atoms with Gasteiger partial charge in [0.15, 0.2) is 0 Å². The van der Waals surface area contributed by atoms with Crippen LogP contribution in [0.5, 0.6) is 0 Å². The normalized spacial score (nSPS) is 12.1. The first-order valence-electron chi connectivity index (χ1n) is 27.6. The molecule has 0 unspecified atom stereocenters. The van der Waals surface area contributed by atoms with Crippen LogP contribution in [0.2, 0.25) is 0 Å². The topological polar surface area (TPSA) is 36.9 Å². The van der Waals surface area contributed by atoms with Crippen molar-refractivity contribution in [3.05, 3.63) is 364 Å². The van der Waals surface area contributed by atoms with E-state index in [2.05, 4.69) is 364 Å². The summed E-state index contributed by atoms with van der Waals surface area (Å²) in [5, 5.41) is 12.3. The molecule has 0 aliphatic carbocycles. The van der Waals surface area contributed by atoms with Crippen LogP contribution in [-0.2, 0) is 13.8 Å². The van der Waals surface area contributed by atoms with Crippen LogP contribution in [0.4, 0.5) is 0 Å². The van der Waals surface area contributed by atoms with E-state index < -0.39 is 47.9 Å². The average molecular weight is 1170 g/mol. The minimum atomic E-state index is -6.27. The quantitative estimate of drug-likeness (QED) is 0.0571. The molecule has 0 radical (unpaired) electrons. The summed E-state index contributed by atoms with van der Waals surface area (Å²) in [5.41, 5.74) is 0. The van der Waals surface area contributed by atoms with Gasteiger partial charge in [0.1, 0.15) is 0 Å². The fourth-order valence-corrected chi connectivity index (χ4v) is 50.6. The van der Waals surface area contributed by atoms with Gasteiger partial charge in [0.25, 0.3) is 0 Å². The van der Waals surface area contributed by atoms with Crippen molar-refractivity contribution in [1.82, 2.24) is 0 Å². The number of rotatable bonds is 20. The summed E-state index contributed by atoms with van der Waals surface area (Å²) in [6.45, 7) is 0. The van der Waals surface area contributed by atoms with Gasteiger partial charge in [0, 0.05) is 0 Å². The SMILES string of the molecule is c1ccc([Si]([O][Ge]([O][Si](c2ccccc2)(c2ccccc2)c2ccccc2)([O][Si](c2ccccc2)(c2ccccc2)c2ccccc2)[O][Si](c2ccccc2)(c2ccccc2)c2ccccc2)(c2ccccc2)c2ccccc2)cc1. The standard InChI is InChI=1S/C72H60GeO4Si4/c1-13-37-61(38-14-1)78(62-39-15-2-16-40-62,63-41-17-3-18-42-63)74-73(75-79(64-43-19-4-20-44-64,65-45-21-5-22-46-65)66-47-23-6-24-48-66,76-80(67-49-25-7-26-50-67,68-51-27-8-28-52-68)69-53-29-9-30-54-69)77-81(70-55-31-10-32-56-70,71-57-33-11-34-58-71)72-59-35-12-36-60-72/h1-60H. The van der Waals surface area contributed by atoms with Gasteiger partial charge in [0.2, 0.25) is 0 Å². The van der Waals surface area contributed by atoms with Crippen LogP contribution >= 0.6 is 0 Å². The third-order valence-electron chi connectivity index (χ3n) is 15.3. The van der Waals surface area contributed by atoms with Gasteiger partial charge in [0.05, 0.1) is 0 Å². The Hall–Kier alpha value is -8.11. The van der Waals surface area contributed by atoms with Crippen LogP contribution < -0.4 is 62.2 Å². The van der Waals surface area contributed by atoms with E-state index in [1.54, 1.807) is 0 Å². The molecule has 9 heteroatoms. The molecule has 0 saturated heterocycles. The van der Waals surface area contributed by atoms with Crippen molar-refractivity contribution < 1.29 is 13.8 Å². The Labute approximate surface area is 484 Å². The van der Waals surface area contributed by atoms with Crippen molar-refractivity contribution in [3.8, 4) is 0 Å². The molecule has 12 aromatic rings. The number of hydrogen-bond donors (Lipinski definition) is 0. The molecule has 0 spiro atoms. The third kappa shape index (κ3) is 10.4. The van der Waals surface area contributed by atoms with Gasteiger partial charge in [-0.3, -0.25) is 0 Å². The molecule has 0 heterocycles. The molecule has 0 saturated carbocycles. The van der Waals surface area contributed by atoms with Crippen LogP contribution in [0.25, 0.3) is 0 Å². The van der Waals surface area contributed by atoms with Gasteiger partial charge in [-0.25, -0.2) is 0 Å². The van der Waals surface area contributed by atoms with E-state index in [1.165, 1.54) is 0 Å². The molecule has 0 bridgehead atoms. The zero-order valence-electron chi connectivity index (χ0n) is 44.8. The predicted molar refractivity (Wildman–Crippen MR) is 346 cm³/mol. The van der Waals surface area contributed by atoms with Crippen molar-refractivity contribution in [1.29, 1.82) is 0 Å². The summed E-state index contributed by atoms with van der Waals surface area (Å²) >= 11 is -6.27. The number of hydrogen-bond acceptors (Lipinski definition) is 4. The maximum absolute atomic E-state index is 9.31. The van der Waals surface area contributed by atoms with E-state index in [0.29, 0.717) is 0 Å². The average Bonchev–Trinajstić information content (AvgIpc) is 3.74. The van der Waals surface area contributed by atoms with E-state index in [4.69, 9.17) is 0 Å². The van der Waals surface area contributed by atoms with E-state index in [-0.39, 0.29) is 0 Å². The predicted octanol–water partition coefficient (Wildman–Crippen LogP) is 8.16. The fraction of sp³-hybridized carbons (Fsp3) is 0. The second-order valence-electron chi connectivity index (χ2n) is 20.0. The molecule has 0 aliphatic heterocycles. The Morgan fingerprint density at radius 1 is 0.136 bits per heavy atom. The van der Waals surface area contributed by atoms with Gasteiger partial charge in [-0.1, -0.05) is 0 Å². The molecule has 81 heavy (non-hydrogen) atoms. The first kappa shape index (κ1) is 53.5. The van der Waals surface area contributed by atoms with E-state index in [9.17, 15) is 13.8 Å². The summed E-state index contributed by atoms with van der Waals surface area (Å²) in [7, 11) is -16.0. The van der Waals surface area contributed by atoms with Gasteiger partial charge >= 0.3 is 488 Å². The second kappa shape index (κ2) is 24.3. The summed E-state index contributed by atoms with van der Waals surface area (Å²) in [5.74, 6) is 0. The van der Waals surface area contributed by atoms with E-state index in [0.717, 1.165) is 62.2 Å². The summed E-state index contributed by atoms with van der Waals surface area (Å²) < 4.78 is 37.2. The first-order valence-corrected chi connectivity index (χ1v) is 38.6. The Bertz CT molecular complexity index is 2950. The molecule has 12 rings (SSSR count). The van der Waals surface area contributed by atoms with Crippen LogP contribution in [0, 0.1) is 0 Å². The van der Waals surface area contributed by atoms with Crippen LogP contribution in [0.15, 0.2) is 364 Å². The first-order chi connectivity index (χ1) is 40.1. The molecule has 0 aliphatic rings. The maximum atomic E-state index is 9.31. The Balaban J connectivity index is 1.34. The van der Waals surface area contributed by atoms with Crippen LogP contribution in [0.1, 0.15) is 0 Å². The van der Waals surface area contributed by atoms with Crippen molar-refractivity contribution in [2.75, 3.05) is 0 Å². The zero-order chi connectivity index (χ0) is 54.7. The van der Waals surface area contributed by atoms with Gasteiger partial charge in [-0.05, 0) is 0 Å². The molecular formula is C72H60GeO4Si4. The molecule has 0 amide bonds. The second-order valence-corrected chi connectivity index (χ2v) is 40.5. The van der Waals surface area contributed by atoms with Gasteiger partial charge < -0.3 is 0 Å². The zero-order valence-corrected chi connectivity index (χ0v) is 50.9. The molecule has 0 N–H and O–H groups in total. The fourth-order valence-electron chi connectivity index (χ4n) is 11.7. The van der Waals surface area contributed by atoms with Crippen LogP contribution in [-0.4, -0.2) is 47.9 Å². The van der Waals surface area contributed by atoms with E-state index >= 15 is 0 Å². The summed E-state index contributed by atoms with van der Waals surface area (Å²) in [6.07, 6.45) is 0. The molecule has 4 nitrogen and oxygen atoms in total. The van der Waals surface area contributed by atoms with Gasteiger partial charge in [-0.15, -0.1) is 0 Å². The summed E-state index contributed by atoms with van der Waals surface area (Å²) in [6, 6.07) is 130. The Morgan fingerprint density at radius 2 is 0.222 bits per heavy atom. The molecule has 0 fully saturated rings. The number of benzene rings is 12. The minimum absolute atomic E-state index is 1.03. The monoisotopic (exact) mass is 1170 g/mol. The third-order valence-corrected chi connectivity index (χ3v) is 45.3. The van der Waals surface area contributed by atoms with Gasteiger partial charge in [-0.2, -0.15) is 0 Å². The van der Waals surface area contributed by atoms with Crippen LogP contribution in [0.3, 0.4) is 0 Å². The molecule has 12 aromatic carbocycles. The summed E-state index contributed by atoms with van der Waals surface area (Å²) in [4.78, 5) is 0. The molecule has 0 aromatic heterocycles. The molecule has 0 atom stereocenters. The van der Waals surface area contributed by atoms with E-state index in [1.807, 2.05) is 0 Å². The Morgan fingerprint density at radius 3 is 0.309 bits per heavy atom. The van der Waals surface area contributed by atoms with Crippen molar-refractivity contribution in [2.45, 2.75) is 0 Å². The van der Waals surface area contributed by atoms with Crippen molar-refractivity contribution in [3.63, 3.8) is 0 Å². The van der Waals surface area contributed by atoms with Crippen molar-refractivity contribution in [2.24, 2.45) is 0 Å². The molecular weight excluding hydrogens is 1110 g/mol. The molecule has 392 valence electrons. The van der Waals surface area contributed by atoms with Crippen molar-refractivity contribution >= 4 is 110 Å².